The van der Waals surface area contributed by atoms with Crippen molar-refractivity contribution in [1.82, 2.24) is 5.06 Å². The zero-order valence-corrected chi connectivity index (χ0v) is 13.3. The average molecular weight is 338 g/mol. The zero-order chi connectivity index (χ0) is 17.0. The normalized spacial score (nSPS) is 11.1. The highest BCUT2D eigenvalue weighted by Crippen LogP contribution is 2.20. The number of amides is 1. The fourth-order valence-corrected chi connectivity index (χ4v) is 2.92. The highest BCUT2D eigenvalue weighted by Gasteiger charge is 2.19. The van der Waals surface area contributed by atoms with Gasteiger partial charge in [-0.25, -0.2) is 17.9 Å². The van der Waals surface area contributed by atoms with Gasteiger partial charge in [0.05, 0.1) is 17.7 Å². The van der Waals surface area contributed by atoms with Crippen molar-refractivity contribution in [2.45, 2.75) is 4.90 Å². The van der Waals surface area contributed by atoms with Crippen LogP contribution in [0.1, 0.15) is 10.4 Å². The van der Waals surface area contributed by atoms with Gasteiger partial charge in [-0.05, 0) is 30.3 Å². The number of halogens is 1. The van der Waals surface area contributed by atoms with Gasteiger partial charge in [-0.15, -0.1) is 0 Å². The molecule has 2 aromatic carbocycles. The van der Waals surface area contributed by atoms with Crippen LogP contribution in [0.3, 0.4) is 0 Å². The molecule has 0 fully saturated rings. The van der Waals surface area contributed by atoms with Crippen molar-refractivity contribution < 1.29 is 22.4 Å². The molecule has 6 nitrogen and oxygen atoms in total. The molecule has 0 bridgehead atoms. The van der Waals surface area contributed by atoms with Gasteiger partial charge in [0, 0.05) is 12.6 Å². The molecule has 122 valence electrons. The Balaban J connectivity index is 2.34. The van der Waals surface area contributed by atoms with Crippen LogP contribution in [0.25, 0.3) is 0 Å². The fourth-order valence-electron chi connectivity index (χ4n) is 1.81. The minimum atomic E-state index is -4.03. The Hall–Kier alpha value is -2.45. The smallest absolute Gasteiger partial charge is 0.277 e. The van der Waals surface area contributed by atoms with E-state index < -0.39 is 21.7 Å². The number of anilines is 1. The topological polar surface area (TPSA) is 75.7 Å². The molecule has 1 N–H and O–H groups in total. The van der Waals surface area contributed by atoms with Gasteiger partial charge in [0.1, 0.15) is 5.82 Å². The van der Waals surface area contributed by atoms with E-state index in [2.05, 4.69) is 4.72 Å². The summed E-state index contributed by atoms with van der Waals surface area (Å²) in [5, 5.41) is 0.968. The Morgan fingerprint density at radius 2 is 1.87 bits per heavy atom. The summed E-state index contributed by atoms with van der Waals surface area (Å²) < 4.78 is 40.4. The Morgan fingerprint density at radius 3 is 2.52 bits per heavy atom. The summed E-state index contributed by atoms with van der Waals surface area (Å²) in [7, 11) is -1.30. The van der Waals surface area contributed by atoms with Crippen LogP contribution in [0.15, 0.2) is 53.4 Å². The molecule has 0 aliphatic heterocycles. The van der Waals surface area contributed by atoms with Crippen LogP contribution in [0.5, 0.6) is 0 Å². The standard InChI is InChI=1S/C15H15FN2O4S/c1-18(22-2)15(19)11-6-5-7-12(10-11)23(20,21)17-14-9-4-3-8-13(14)16/h3-10,17H,1-2H3. The zero-order valence-electron chi connectivity index (χ0n) is 12.5. The third-order valence-electron chi connectivity index (χ3n) is 3.07. The summed E-state index contributed by atoms with van der Waals surface area (Å²) in [6.45, 7) is 0. The third-order valence-corrected chi connectivity index (χ3v) is 4.43. The van der Waals surface area contributed by atoms with E-state index in [1.807, 2.05) is 0 Å². The van der Waals surface area contributed by atoms with Crippen molar-refractivity contribution in [2.75, 3.05) is 18.9 Å². The lowest BCUT2D eigenvalue weighted by atomic mass is 10.2. The molecule has 0 atom stereocenters. The van der Waals surface area contributed by atoms with Crippen molar-refractivity contribution >= 4 is 21.6 Å². The number of para-hydroxylation sites is 1. The van der Waals surface area contributed by atoms with Gasteiger partial charge in [-0.1, -0.05) is 18.2 Å². The molecule has 0 saturated heterocycles. The maximum Gasteiger partial charge on any atom is 0.277 e. The highest BCUT2D eigenvalue weighted by molar-refractivity contribution is 7.92. The summed E-state index contributed by atoms with van der Waals surface area (Å²) in [5.41, 5.74) is -0.0380. The minimum Gasteiger partial charge on any atom is -0.277 e. The summed E-state index contributed by atoms with van der Waals surface area (Å²) in [4.78, 5) is 16.6. The molecule has 1 amide bonds. The molecule has 8 heteroatoms. The lowest BCUT2D eigenvalue weighted by Crippen LogP contribution is -2.25. The van der Waals surface area contributed by atoms with E-state index >= 15 is 0 Å². The van der Waals surface area contributed by atoms with Crippen molar-refractivity contribution in [2.24, 2.45) is 0 Å². The molecular weight excluding hydrogens is 323 g/mol. The van der Waals surface area contributed by atoms with E-state index in [9.17, 15) is 17.6 Å². The SMILES string of the molecule is CON(C)C(=O)c1cccc(S(=O)(=O)Nc2ccccc2F)c1. The highest BCUT2D eigenvalue weighted by atomic mass is 32.2. The lowest BCUT2D eigenvalue weighted by molar-refractivity contribution is -0.0757. The second kappa shape index (κ2) is 6.76. The van der Waals surface area contributed by atoms with Crippen molar-refractivity contribution in [3.8, 4) is 0 Å². The quantitative estimate of drug-likeness (QED) is 0.849. The Morgan fingerprint density at radius 1 is 1.17 bits per heavy atom. The van der Waals surface area contributed by atoms with Crippen LogP contribution >= 0.6 is 0 Å². The number of nitrogens with one attached hydrogen (secondary N) is 1. The molecule has 0 aliphatic carbocycles. The average Bonchev–Trinajstić information content (AvgIpc) is 2.55. The Kier molecular flexibility index (Phi) is 4.97. The van der Waals surface area contributed by atoms with Crippen molar-refractivity contribution in [3.05, 3.63) is 59.9 Å². The predicted molar refractivity (Wildman–Crippen MR) is 82.8 cm³/mol. The molecule has 0 saturated carbocycles. The van der Waals surface area contributed by atoms with E-state index in [1.54, 1.807) is 0 Å². The van der Waals surface area contributed by atoms with E-state index in [0.29, 0.717) is 0 Å². The van der Waals surface area contributed by atoms with E-state index in [4.69, 9.17) is 4.84 Å². The number of benzene rings is 2. The Labute approximate surface area is 133 Å². The van der Waals surface area contributed by atoms with Gasteiger partial charge in [0.25, 0.3) is 15.9 Å². The van der Waals surface area contributed by atoms with Crippen LogP contribution in [0.4, 0.5) is 10.1 Å². The molecule has 0 heterocycles. The molecule has 0 aliphatic rings. The molecule has 0 aromatic heterocycles. The maximum atomic E-state index is 13.6. The van der Waals surface area contributed by atoms with Gasteiger partial charge >= 0.3 is 0 Å². The molecule has 2 aromatic rings. The first kappa shape index (κ1) is 16.9. The van der Waals surface area contributed by atoms with Crippen molar-refractivity contribution in [3.63, 3.8) is 0 Å². The fraction of sp³-hybridized carbons (Fsp3) is 0.133. The molecule has 2 rings (SSSR count). The van der Waals surface area contributed by atoms with Gasteiger partial charge in [-0.3, -0.25) is 14.4 Å². The van der Waals surface area contributed by atoms with Crippen LogP contribution in [-0.4, -0.2) is 33.5 Å². The second-order valence-electron chi connectivity index (χ2n) is 4.60. The van der Waals surface area contributed by atoms with Gasteiger partial charge < -0.3 is 0 Å². The molecular formula is C15H15FN2O4S. The number of carbonyl (C=O) groups excluding carboxylic acids is 1. The van der Waals surface area contributed by atoms with Crippen LogP contribution in [0.2, 0.25) is 0 Å². The molecule has 0 radical (unpaired) electrons. The first-order valence-electron chi connectivity index (χ1n) is 6.55. The first-order chi connectivity index (χ1) is 10.8. The number of rotatable bonds is 5. The summed E-state index contributed by atoms with van der Waals surface area (Å²) in [5.74, 6) is -1.20. The number of nitrogens with zero attached hydrogens (tertiary/aromatic N) is 1. The monoisotopic (exact) mass is 338 g/mol. The Bertz CT molecular complexity index is 824. The molecule has 0 unspecified atom stereocenters. The van der Waals surface area contributed by atoms with Crippen LogP contribution in [0, 0.1) is 5.82 Å². The van der Waals surface area contributed by atoms with E-state index in [1.165, 1.54) is 56.6 Å². The molecule has 23 heavy (non-hydrogen) atoms. The van der Waals surface area contributed by atoms with Crippen LogP contribution < -0.4 is 4.72 Å². The van der Waals surface area contributed by atoms with E-state index in [0.717, 1.165) is 11.1 Å². The van der Waals surface area contributed by atoms with Gasteiger partial charge in [-0.2, -0.15) is 0 Å². The summed E-state index contributed by atoms with van der Waals surface area (Å²) in [6, 6.07) is 10.8. The largest absolute Gasteiger partial charge is 0.277 e. The number of hydrogen-bond acceptors (Lipinski definition) is 4. The number of sulfonamides is 1. The number of hydrogen-bond donors (Lipinski definition) is 1. The maximum absolute atomic E-state index is 13.6. The number of carbonyl (C=O) groups is 1. The van der Waals surface area contributed by atoms with Crippen molar-refractivity contribution in [1.29, 1.82) is 0 Å². The van der Waals surface area contributed by atoms with Crippen LogP contribution in [-0.2, 0) is 14.9 Å². The third kappa shape index (κ3) is 3.85. The van der Waals surface area contributed by atoms with Gasteiger partial charge in [0.15, 0.2) is 0 Å². The van der Waals surface area contributed by atoms with E-state index in [-0.39, 0.29) is 16.1 Å². The summed E-state index contributed by atoms with van der Waals surface area (Å²) in [6.07, 6.45) is 0. The molecule has 0 spiro atoms. The predicted octanol–water partition coefficient (Wildman–Crippen LogP) is 2.26. The minimum absolute atomic E-state index is 0.130. The summed E-state index contributed by atoms with van der Waals surface area (Å²) >= 11 is 0. The van der Waals surface area contributed by atoms with Gasteiger partial charge in [0.2, 0.25) is 0 Å². The second-order valence-corrected chi connectivity index (χ2v) is 6.28. The number of hydroxylamine groups is 2. The first-order valence-corrected chi connectivity index (χ1v) is 8.03. The lowest BCUT2D eigenvalue weighted by Gasteiger charge is -2.14.